The van der Waals surface area contributed by atoms with Crippen LogP contribution in [0.1, 0.15) is 26.3 Å². The van der Waals surface area contributed by atoms with E-state index in [2.05, 4.69) is 15.6 Å². The Bertz CT molecular complexity index is 784. The third kappa shape index (κ3) is 3.91. The molecular formula is C15H18N4O4. The van der Waals surface area contributed by atoms with E-state index in [1.54, 1.807) is 24.3 Å². The molecule has 0 radical (unpaired) electrons. The number of nitrogens with zero attached hydrogens (tertiary/aromatic N) is 3. The summed E-state index contributed by atoms with van der Waals surface area (Å²) in [6, 6.07) is 5.82. The second-order valence-corrected chi connectivity index (χ2v) is 5.61. The average Bonchev–Trinajstić information content (AvgIpc) is 2.51. The van der Waals surface area contributed by atoms with E-state index in [1.807, 2.05) is 13.8 Å². The van der Waals surface area contributed by atoms with Gasteiger partial charge < -0.3 is 10.4 Å². The molecule has 0 aliphatic carbocycles. The van der Waals surface area contributed by atoms with Crippen molar-refractivity contribution in [2.45, 2.75) is 26.3 Å². The van der Waals surface area contributed by atoms with Crippen LogP contribution >= 0.6 is 0 Å². The van der Waals surface area contributed by atoms with Crippen LogP contribution in [0.4, 0.5) is 0 Å². The maximum Gasteiger partial charge on any atom is 0.322 e. The topological polar surface area (TPSA) is 114 Å². The Labute approximate surface area is 132 Å². The number of benzene rings is 1. The molecular weight excluding hydrogens is 300 g/mol. The summed E-state index contributed by atoms with van der Waals surface area (Å²) in [5.41, 5.74) is 0.0229. The van der Waals surface area contributed by atoms with Crippen molar-refractivity contribution in [3.8, 4) is 0 Å². The third-order valence-corrected chi connectivity index (χ3v) is 3.30. The lowest BCUT2D eigenvalue weighted by atomic mass is 10.0. The summed E-state index contributed by atoms with van der Waals surface area (Å²) in [6.07, 6.45) is 0.346. The highest BCUT2D eigenvalue weighted by Crippen LogP contribution is 2.16. The first-order valence-electron chi connectivity index (χ1n) is 7.24. The highest BCUT2D eigenvalue weighted by Gasteiger charge is 2.25. The number of hydrogen-bond donors (Lipinski definition) is 2. The molecule has 2 rings (SSSR count). The summed E-state index contributed by atoms with van der Waals surface area (Å²) >= 11 is 0. The summed E-state index contributed by atoms with van der Waals surface area (Å²) in [6.45, 7) is 3.29. The van der Waals surface area contributed by atoms with Gasteiger partial charge in [0, 0.05) is 0 Å². The molecule has 1 aromatic carbocycles. The van der Waals surface area contributed by atoms with Gasteiger partial charge in [-0.1, -0.05) is 31.2 Å². The molecule has 0 spiro atoms. The summed E-state index contributed by atoms with van der Waals surface area (Å²) in [5.74, 6) is -1.61. The molecule has 23 heavy (non-hydrogen) atoms. The summed E-state index contributed by atoms with van der Waals surface area (Å²) in [5, 5.41) is 19.2. The second kappa shape index (κ2) is 6.99. The maximum absolute atomic E-state index is 12.6. The van der Waals surface area contributed by atoms with E-state index in [0.29, 0.717) is 17.3 Å². The van der Waals surface area contributed by atoms with Crippen molar-refractivity contribution in [3.63, 3.8) is 0 Å². The first-order valence-corrected chi connectivity index (χ1v) is 7.24. The van der Waals surface area contributed by atoms with Gasteiger partial charge in [0.1, 0.15) is 18.1 Å². The van der Waals surface area contributed by atoms with Gasteiger partial charge in [-0.25, -0.2) is 0 Å². The van der Waals surface area contributed by atoms with Crippen LogP contribution in [0.15, 0.2) is 29.1 Å². The fraction of sp³-hybridized carbons (Fsp3) is 0.400. The Balaban J connectivity index is 2.43. The molecule has 1 atom stereocenters. The monoisotopic (exact) mass is 318 g/mol. The van der Waals surface area contributed by atoms with Crippen LogP contribution in [0.25, 0.3) is 10.9 Å². The van der Waals surface area contributed by atoms with Crippen LogP contribution in [-0.4, -0.2) is 38.5 Å². The number of fused-ring (bicyclic) bond motifs is 1. The molecule has 0 saturated heterocycles. The number of amides is 1. The molecule has 1 amide bonds. The van der Waals surface area contributed by atoms with Gasteiger partial charge in [0.25, 0.3) is 5.56 Å². The molecule has 0 aliphatic rings. The fourth-order valence-electron chi connectivity index (χ4n) is 2.25. The SMILES string of the molecule is CC(C)C[C@H](C(=O)NCC(=O)O)n1nnc2ccccc2c1=O. The van der Waals surface area contributed by atoms with Gasteiger partial charge in [-0.2, -0.15) is 4.68 Å². The van der Waals surface area contributed by atoms with E-state index in [4.69, 9.17) is 5.11 Å². The number of carboxylic acid groups (broad SMARTS) is 1. The molecule has 0 aliphatic heterocycles. The minimum atomic E-state index is -1.15. The lowest BCUT2D eigenvalue weighted by Gasteiger charge is -2.19. The normalized spacial score (nSPS) is 12.3. The largest absolute Gasteiger partial charge is 0.480 e. The number of aliphatic carboxylic acids is 1. The molecule has 2 aromatic rings. The minimum absolute atomic E-state index is 0.107. The number of aromatic nitrogens is 3. The van der Waals surface area contributed by atoms with Crippen LogP contribution in [0, 0.1) is 5.92 Å². The van der Waals surface area contributed by atoms with Crippen LogP contribution in [-0.2, 0) is 9.59 Å². The quantitative estimate of drug-likeness (QED) is 0.805. The summed E-state index contributed by atoms with van der Waals surface area (Å²) in [4.78, 5) is 35.4. The van der Waals surface area contributed by atoms with Gasteiger partial charge in [0.15, 0.2) is 0 Å². The van der Waals surface area contributed by atoms with E-state index >= 15 is 0 Å². The van der Waals surface area contributed by atoms with E-state index in [9.17, 15) is 14.4 Å². The first kappa shape index (κ1) is 16.6. The number of carbonyl (C=O) groups excluding carboxylic acids is 1. The van der Waals surface area contributed by atoms with Crippen molar-refractivity contribution in [3.05, 3.63) is 34.6 Å². The number of rotatable bonds is 6. The van der Waals surface area contributed by atoms with E-state index in [1.165, 1.54) is 0 Å². The lowest BCUT2D eigenvalue weighted by molar-refractivity contribution is -0.138. The second-order valence-electron chi connectivity index (χ2n) is 5.61. The molecule has 0 saturated carbocycles. The van der Waals surface area contributed by atoms with Crippen molar-refractivity contribution >= 4 is 22.8 Å². The number of carboxylic acids is 1. The molecule has 0 bridgehead atoms. The van der Waals surface area contributed by atoms with Crippen molar-refractivity contribution in [2.24, 2.45) is 5.92 Å². The van der Waals surface area contributed by atoms with Gasteiger partial charge in [-0.3, -0.25) is 14.4 Å². The maximum atomic E-state index is 12.6. The Hall–Kier alpha value is -2.77. The fourth-order valence-corrected chi connectivity index (χ4v) is 2.25. The van der Waals surface area contributed by atoms with Crippen LogP contribution < -0.4 is 10.9 Å². The van der Waals surface area contributed by atoms with Gasteiger partial charge in [0.2, 0.25) is 5.91 Å². The molecule has 0 fully saturated rings. The molecule has 1 aromatic heterocycles. The number of carbonyl (C=O) groups is 2. The third-order valence-electron chi connectivity index (χ3n) is 3.30. The molecule has 0 unspecified atom stereocenters. The minimum Gasteiger partial charge on any atom is -0.480 e. The Morgan fingerprint density at radius 1 is 1.30 bits per heavy atom. The zero-order valence-electron chi connectivity index (χ0n) is 12.9. The van der Waals surface area contributed by atoms with Crippen molar-refractivity contribution in [2.75, 3.05) is 6.54 Å². The van der Waals surface area contributed by atoms with Gasteiger partial charge >= 0.3 is 5.97 Å². The predicted octanol–water partition coefficient (Wildman–Crippen LogP) is 0.579. The highest BCUT2D eigenvalue weighted by molar-refractivity contribution is 5.84. The predicted molar refractivity (Wildman–Crippen MR) is 82.9 cm³/mol. The van der Waals surface area contributed by atoms with Crippen molar-refractivity contribution in [1.29, 1.82) is 0 Å². The average molecular weight is 318 g/mol. The van der Waals surface area contributed by atoms with Gasteiger partial charge in [0.05, 0.1) is 5.39 Å². The van der Waals surface area contributed by atoms with Crippen molar-refractivity contribution < 1.29 is 14.7 Å². The van der Waals surface area contributed by atoms with E-state index in [-0.39, 0.29) is 5.92 Å². The molecule has 122 valence electrons. The lowest BCUT2D eigenvalue weighted by Crippen LogP contribution is -2.41. The standard InChI is InChI=1S/C15H18N4O4/c1-9(2)7-12(14(22)16-8-13(20)21)19-15(23)10-5-3-4-6-11(10)17-18-19/h3-6,9,12H,7-8H2,1-2H3,(H,16,22)(H,20,21)/t12-/m1/s1. The Kier molecular flexibility index (Phi) is 5.05. The molecule has 2 N–H and O–H groups in total. The number of nitrogens with one attached hydrogen (secondary N) is 1. The summed E-state index contributed by atoms with van der Waals surface area (Å²) in [7, 11) is 0. The molecule has 8 nitrogen and oxygen atoms in total. The number of hydrogen-bond acceptors (Lipinski definition) is 5. The van der Waals surface area contributed by atoms with Crippen LogP contribution in [0.5, 0.6) is 0 Å². The van der Waals surface area contributed by atoms with Crippen molar-refractivity contribution in [1.82, 2.24) is 20.3 Å². The molecule has 8 heteroatoms. The van der Waals surface area contributed by atoms with E-state index < -0.39 is 30.0 Å². The van der Waals surface area contributed by atoms with Gasteiger partial charge in [-0.15, -0.1) is 5.10 Å². The smallest absolute Gasteiger partial charge is 0.322 e. The van der Waals surface area contributed by atoms with Gasteiger partial charge in [-0.05, 0) is 24.5 Å². The first-order chi connectivity index (χ1) is 10.9. The van der Waals surface area contributed by atoms with Crippen LogP contribution in [0.3, 0.4) is 0 Å². The zero-order chi connectivity index (χ0) is 17.0. The van der Waals surface area contributed by atoms with E-state index in [0.717, 1.165) is 4.68 Å². The zero-order valence-corrected chi connectivity index (χ0v) is 12.9. The Morgan fingerprint density at radius 3 is 2.65 bits per heavy atom. The molecule has 1 heterocycles. The van der Waals surface area contributed by atoms with Crippen LogP contribution in [0.2, 0.25) is 0 Å². The highest BCUT2D eigenvalue weighted by atomic mass is 16.4. The summed E-state index contributed by atoms with van der Waals surface area (Å²) < 4.78 is 1.03. The Morgan fingerprint density at radius 2 is 2.00 bits per heavy atom.